The molecule has 0 radical (unpaired) electrons. The van der Waals surface area contributed by atoms with Crippen LogP contribution in [-0.2, 0) is 9.53 Å². The molecule has 1 aliphatic heterocycles. The van der Waals surface area contributed by atoms with Crippen LogP contribution in [0, 0.1) is 0 Å². The number of ketones is 1. The smallest absolute Gasteiger partial charge is 0.166 e. The molecule has 2 heterocycles. The van der Waals surface area contributed by atoms with Gasteiger partial charge in [0, 0.05) is 11.5 Å². The van der Waals surface area contributed by atoms with Crippen molar-refractivity contribution in [3.05, 3.63) is 34.5 Å². The molecular weight excluding hydrogens is 208 g/mol. The number of thiophene rings is 1. The van der Waals surface area contributed by atoms with Crippen LogP contribution in [0.3, 0.4) is 0 Å². The highest BCUT2D eigenvalue weighted by Crippen LogP contribution is 2.46. The minimum atomic E-state index is -0.318. The van der Waals surface area contributed by atoms with Crippen LogP contribution in [0.15, 0.2) is 29.7 Å². The molecule has 3 rings (SSSR count). The summed E-state index contributed by atoms with van der Waals surface area (Å²) in [5, 5.41) is 2.02. The van der Waals surface area contributed by atoms with Gasteiger partial charge in [0.05, 0.1) is 5.92 Å². The molecule has 0 amide bonds. The van der Waals surface area contributed by atoms with Gasteiger partial charge in [-0.3, -0.25) is 4.79 Å². The highest BCUT2D eigenvalue weighted by atomic mass is 32.1. The summed E-state index contributed by atoms with van der Waals surface area (Å²) in [6, 6.07) is 4.03. The van der Waals surface area contributed by atoms with E-state index in [-0.39, 0.29) is 17.3 Å². The molecule has 1 fully saturated rings. The number of hydrogen-bond donors (Lipinski definition) is 0. The summed E-state index contributed by atoms with van der Waals surface area (Å²) in [6.07, 6.45) is 5.68. The van der Waals surface area contributed by atoms with Gasteiger partial charge in [-0.15, -0.1) is 11.3 Å². The number of rotatable bonds is 1. The third-order valence-electron chi connectivity index (χ3n) is 3.21. The Bertz CT molecular complexity index is 399. The third-order valence-corrected chi connectivity index (χ3v) is 4.15. The van der Waals surface area contributed by atoms with Crippen LogP contribution in [0.1, 0.15) is 23.6 Å². The van der Waals surface area contributed by atoms with Crippen molar-refractivity contribution in [1.29, 1.82) is 0 Å². The topological polar surface area (TPSA) is 26.3 Å². The first-order valence-electron chi connectivity index (χ1n) is 5.22. The van der Waals surface area contributed by atoms with E-state index < -0.39 is 0 Å². The van der Waals surface area contributed by atoms with Gasteiger partial charge in [0.2, 0.25) is 0 Å². The molecule has 1 aromatic rings. The molecule has 0 unspecified atom stereocenters. The fraction of sp³-hybridized carbons (Fsp3) is 0.417. The Morgan fingerprint density at radius 1 is 1.53 bits per heavy atom. The third kappa shape index (κ3) is 1.30. The standard InChI is InChI=1S/C12H12O2S/c13-9-4-6-12(5-2-7-14-12)11(9)10-3-1-8-15-10/h1,3-4,6,8,11H,2,5,7H2/t11-,12+/m0/s1. The van der Waals surface area contributed by atoms with Crippen molar-refractivity contribution < 1.29 is 9.53 Å². The Morgan fingerprint density at radius 3 is 3.13 bits per heavy atom. The highest BCUT2D eigenvalue weighted by Gasteiger charge is 2.48. The maximum Gasteiger partial charge on any atom is 0.166 e. The quantitative estimate of drug-likeness (QED) is 0.727. The number of carbonyl (C=O) groups excluding carboxylic acids is 1. The number of hydrogen-bond acceptors (Lipinski definition) is 3. The predicted molar refractivity (Wildman–Crippen MR) is 59.1 cm³/mol. The lowest BCUT2D eigenvalue weighted by Crippen LogP contribution is -2.32. The summed E-state index contributed by atoms with van der Waals surface area (Å²) in [5.41, 5.74) is -0.318. The van der Waals surface area contributed by atoms with Crippen LogP contribution in [0.25, 0.3) is 0 Å². The molecule has 2 aliphatic rings. The van der Waals surface area contributed by atoms with E-state index in [9.17, 15) is 4.79 Å². The number of ether oxygens (including phenoxy) is 1. The normalized spacial score (nSPS) is 34.4. The van der Waals surface area contributed by atoms with Crippen molar-refractivity contribution in [2.45, 2.75) is 24.4 Å². The molecule has 0 aromatic carbocycles. The first-order chi connectivity index (χ1) is 7.32. The van der Waals surface area contributed by atoms with E-state index in [2.05, 4.69) is 0 Å². The van der Waals surface area contributed by atoms with Gasteiger partial charge in [0.25, 0.3) is 0 Å². The summed E-state index contributed by atoms with van der Waals surface area (Å²) in [6.45, 7) is 0.777. The van der Waals surface area contributed by atoms with Crippen LogP contribution in [0.5, 0.6) is 0 Å². The fourth-order valence-electron chi connectivity index (χ4n) is 2.53. The molecule has 1 aliphatic carbocycles. The van der Waals surface area contributed by atoms with Crippen molar-refractivity contribution in [1.82, 2.24) is 0 Å². The lowest BCUT2D eigenvalue weighted by Gasteiger charge is -2.27. The van der Waals surface area contributed by atoms with Crippen molar-refractivity contribution in [3.8, 4) is 0 Å². The number of carbonyl (C=O) groups is 1. The maximum absolute atomic E-state index is 11.9. The van der Waals surface area contributed by atoms with E-state index in [1.54, 1.807) is 17.4 Å². The highest BCUT2D eigenvalue weighted by molar-refractivity contribution is 7.10. The van der Waals surface area contributed by atoms with E-state index >= 15 is 0 Å². The average molecular weight is 220 g/mol. The Labute approximate surface area is 92.6 Å². The van der Waals surface area contributed by atoms with Crippen LogP contribution < -0.4 is 0 Å². The van der Waals surface area contributed by atoms with Crippen molar-refractivity contribution in [3.63, 3.8) is 0 Å². The first kappa shape index (κ1) is 9.31. The Balaban J connectivity index is 2.02. The second kappa shape index (κ2) is 3.29. The summed E-state index contributed by atoms with van der Waals surface area (Å²) in [5.74, 6) is 0.111. The number of allylic oxidation sites excluding steroid dienone is 1. The lowest BCUT2D eigenvalue weighted by molar-refractivity contribution is -0.119. The lowest BCUT2D eigenvalue weighted by atomic mass is 9.86. The van der Waals surface area contributed by atoms with E-state index in [0.717, 1.165) is 24.3 Å². The zero-order valence-corrected chi connectivity index (χ0v) is 9.13. The zero-order chi connectivity index (χ0) is 10.3. The van der Waals surface area contributed by atoms with Gasteiger partial charge in [0.15, 0.2) is 5.78 Å². The van der Waals surface area contributed by atoms with Crippen molar-refractivity contribution in [2.75, 3.05) is 6.61 Å². The maximum atomic E-state index is 11.9. The van der Waals surface area contributed by atoms with Crippen LogP contribution in [0.4, 0.5) is 0 Å². The molecule has 3 heteroatoms. The molecule has 1 aromatic heterocycles. The van der Waals surface area contributed by atoms with E-state index in [1.165, 1.54) is 0 Å². The van der Waals surface area contributed by atoms with Gasteiger partial charge < -0.3 is 4.74 Å². The molecule has 0 N–H and O–H groups in total. The summed E-state index contributed by atoms with van der Waals surface area (Å²) < 4.78 is 5.81. The zero-order valence-electron chi connectivity index (χ0n) is 8.31. The van der Waals surface area contributed by atoms with Crippen LogP contribution in [-0.4, -0.2) is 18.0 Å². The molecule has 2 atom stereocenters. The van der Waals surface area contributed by atoms with E-state index in [1.807, 2.05) is 23.6 Å². The molecule has 0 bridgehead atoms. The van der Waals surface area contributed by atoms with E-state index in [4.69, 9.17) is 4.74 Å². The molecular formula is C12H12O2S. The second-order valence-electron chi connectivity index (χ2n) is 4.09. The minimum Gasteiger partial charge on any atom is -0.370 e. The van der Waals surface area contributed by atoms with Gasteiger partial charge in [-0.2, -0.15) is 0 Å². The fourth-order valence-corrected chi connectivity index (χ4v) is 3.46. The molecule has 1 saturated heterocycles. The van der Waals surface area contributed by atoms with Gasteiger partial charge in [0.1, 0.15) is 5.60 Å². The van der Waals surface area contributed by atoms with Gasteiger partial charge >= 0.3 is 0 Å². The monoisotopic (exact) mass is 220 g/mol. The molecule has 15 heavy (non-hydrogen) atoms. The van der Waals surface area contributed by atoms with Gasteiger partial charge in [-0.05, 0) is 36.4 Å². The largest absolute Gasteiger partial charge is 0.370 e. The van der Waals surface area contributed by atoms with Crippen molar-refractivity contribution in [2.24, 2.45) is 0 Å². The summed E-state index contributed by atoms with van der Waals surface area (Å²) >= 11 is 1.64. The van der Waals surface area contributed by atoms with Crippen molar-refractivity contribution >= 4 is 17.1 Å². The molecule has 78 valence electrons. The van der Waals surface area contributed by atoms with Gasteiger partial charge in [-0.25, -0.2) is 0 Å². The Hall–Kier alpha value is -0.930. The Morgan fingerprint density at radius 2 is 2.47 bits per heavy atom. The Kier molecular flexibility index (Phi) is 2.04. The second-order valence-corrected chi connectivity index (χ2v) is 5.07. The molecule has 2 nitrogen and oxygen atoms in total. The predicted octanol–water partition coefficient (Wildman–Crippen LogP) is 2.52. The summed E-state index contributed by atoms with van der Waals surface area (Å²) in [7, 11) is 0. The van der Waals surface area contributed by atoms with Crippen LogP contribution >= 0.6 is 11.3 Å². The van der Waals surface area contributed by atoms with Gasteiger partial charge in [-0.1, -0.05) is 6.07 Å². The minimum absolute atomic E-state index is 0.0833. The average Bonchev–Trinajstić information content (AvgIpc) is 2.90. The SMILES string of the molecule is O=C1C=C[C@]2(CCCO2)[C@@H]1c1cccs1. The van der Waals surface area contributed by atoms with E-state index in [0.29, 0.717) is 0 Å². The summed E-state index contributed by atoms with van der Waals surface area (Å²) in [4.78, 5) is 13.0. The first-order valence-corrected chi connectivity index (χ1v) is 6.10. The molecule has 0 saturated carbocycles. The van der Waals surface area contributed by atoms with Crippen LogP contribution in [0.2, 0.25) is 0 Å². The molecule has 1 spiro atoms.